The lowest BCUT2D eigenvalue weighted by molar-refractivity contribution is -0.142. The zero-order valence-corrected chi connectivity index (χ0v) is 14.8. The molecule has 0 bridgehead atoms. The number of rotatable bonds is 6. The third-order valence-electron chi connectivity index (χ3n) is 2.95. The Balaban J connectivity index is 1.85. The Labute approximate surface area is 147 Å². The van der Waals surface area contributed by atoms with E-state index in [0.29, 0.717) is 21.9 Å². The van der Waals surface area contributed by atoms with Gasteiger partial charge in [-0.2, -0.15) is 0 Å². The summed E-state index contributed by atoms with van der Waals surface area (Å²) in [6.07, 6.45) is 2.64. The first-order valence-corrected chi connectivity index (χ1v) is 7.82. The van der Waals surface area contributed by atoms with Crippen LogP contribution in [0.25, 0.3) is 6.08 Å². The number of amides is 1. The number of halogens is 1. The highest BCUT2D eigenvalue weighted by atomic mass is 79.9. The van der Waals surface area contributed by atoms with Crippen LogP contribution in [0.5, 0.6) is 5.75 Å². The Bertz CT molecular complexity index is 766. The molecule has 1 aromatic heterocycles. The molecule has 1 aromatic carbocycles. The second-order valence-electron chi connectivity index (χ2n) is 4.83. The fraction of sp³-hybridized carbons (Fsp3) is 0.176. The zero-order chi connectivity index (χ0) is 17.5. The topological polar surface area (TPSA) is 77.8 Å². The van der Waals surface area contributed by atoms with Crippen LogP contribution in [0.15, 0.2) is 45.5 Å². The second-order valence-corrected chi connectivity index (χ2v) is 5.62. The Hall–Kier alpha value is -2.54. The van der Waals surface area contributed by atoms with E-state index in [0.717, 1.165) is 5.56 Å². The first kappa shape index (κ1) is 17.8. The summed E-state index contributed by atoms with van der Waals surface area (Å²) in [5, 5.41) is 2.64. The van der Waals surface area contributed by atoms with Crippen LogP contribution in [0.1, 0.15) is 11.3 Å². The van der Waals surface area contributed by atoms with Gasteiger partial charge in [-0.25, -0.2) is 4.79 Å². The van der Waals surface area contributed by atoms with Gasteiger partial charge >= 0.3 is 5.97 Å². The van der Waals surface area contributed by atoms with Crippen molar-refractivity contribution in [1.29, 1.82) is 0 Å². The van der Waals surface area contributed by atoms with Crippen LogP contribution in [-0.4, -0.2) is 25.6 Å². The molecule has 0 radical (unpaired) electrons. The van der Waals surface area contributed by atoms with E-state index >= 15 is 0 Å². The van der Waals surface area contributed by atoms with E-state index in [1.807, 2.05) is 13.0 Å². The Morgan fingerprint density at radius 2 is 2.08 bits per heavy atom. The average Bonchev–Trinajstić information content (AvgIpc) is 2.97. The van der Waals surface area contributed by atoms with Crippen molar-refractivity contribution in [2.45, 2.75) is 6.92 Å². The molecule has 0 aliphatic heterocycles. The van der Waals surface area contributed by atoms with E-state index in [2.05, 4.69) is 21.2 Å². The average molecular weight is 394 g/mol. The van der Waals surface area contributed by atoms with Gasteiger partial charge in [0.05, 0.1) is 12.8 Å². The molecule has 0 atom stereocenters. The molecule has 126 valence electrons. The lowest BCUT2D eigenvalue weighted by Gasteiger charge is -2.10. The number of aryl methyl sites for hydroxylation is 1. The third kappa shape index (κ3) is 5.27. The molecule has 6 nitrogen and oxygen atoms in total. The van der Waals surface area contributed by atoms with Crippen molar-refractivity contribution in [2.75, 3.05) is 19.0 Å². The largest absolute Gasteiger partial charge is 0.495 e. The number of carbonyl (C=O) groups excluding carboxylic acids is 2. The smallest absolute Gasteiger partial charge is 0.331 e. The highest BCUT2D eigenvalue weighted by Crippen LogP contribution is 2.25. The minimum absolute atomic E-state index is 0.401. The van der Waals surface area contributed by atoms with Gasteiger partial charge in [0.25, 0.3) is 5.91 Å². The molecule has 0 aliphatic rings. The number of hydrogen-bond donors (Lipinski definition) is 1. The van der Waals surface area contributed by atoms with Gasteiger partial charge in [0, 0.05) is 6.08 Å². The fourth-order valence-electron chi connectivity index (χ4n) is 1.86. The molecule has 0 aliphatic carbocycles. The van der Waals surface area contributed by atoms with Crippen LogP contribution in [0.4, 0.5) is 5.69 Å². The lowest BCUT2D eigenvalue weighted by atomic mass is 10.2. The standard InChI is InChI=1S/C17H16BrNO5/c1-11-3-6-14(22-2)13(9-11)19-16(20)10-23-17(21)8-5-12-4-7-15(18)24-12/h3-9H,10H2,1-2H3,(H,19,20)/b8-5+. The Morgan fingerprint density at radius 1 is 1.29 bits per heavy atom. The van der Waals surface area contributed by atoms with Gasteiger partial charge in [0.2, 0.25) is 0 Å². The summed E-state index contributed by atoms with van der Waals surface area (Å²) >= 11 is 3.16. The van der Waals surface area contributed by atoms with Crippen LogP contribution >= 0.6 is 15.9 Å². The van der Waals surface area contributed by atoms with Crippen molar-refractivity contribution >= 4 is 39.6 Å². The summed E-state index contributed by atoms with van der Waals surface area (Å²) in [5.41, 5.74) is 1.49. The van der Waals surface area contributed by atoms with Crippen molar-refractivity contribution in [2.24, 2.45) is 0 Å². The normalized spacial score (nSPS) is 10.6. The van der Waals surface area contributed by atoms with Gasteiger partial charge in [-0.3, -0.25) is 4.79 Å². The fourth-order valence-corrected chi connectivity index (χ4v) is 2.18. The van der Waals surface area contributed by atoms with Gasteiger partial charge < -0.3 is 19.2 Å². The molecular weight excluding hydrogens is 378 g/mol. The summed E-state index contributed by atoms with van der Waals surface area (Å²) < 4.78 is 15.8. The molecule has 1 amide bonds. The molecule has 24 heavy (non-hydrogen) atoms. The molecular formula is C17H16BrNO5. The van der Waals surface area contributed by atoms with Gasteiger partial charge in [-0.1, -0.05) is 6.07 Å². The zero-order valence-electron chi connectivity index (χ0n) is 13.2. The first-order valence-electron chi connectivity index (χ1n) is 7.02. The van der Waals surface area contributed by atoms with Crippen molar-refractivity contribution in [3.8, 4) is 5.75 Å². The highest BCUT2D eigenvalue weighted by Gasteiger charge is 2.09. The third-order valence-corrected chi connectivity index (χ3v) is 3.38. The van der Waals surface area contributed by atoms with Gasteiger partial charge in [-0.15, -0.1) is 0 Å². The Morgan fingerprint density at radius 3 is 2.75 bits per heavy atom. The number of ether oxygens (including phenoxy) is 2. The van der Waals surface area contributed by atoms with Crippen LogP contribution in [0, 0.1) is 6.92 Å². The second kappa shape index (κ2) is 8.35. The van der Waals surface area contributed by atoms with E-state index in [1.165, 1.54) is 19.3 Å². The van der Waals surface area contributed by atoms with E-state index in [-0.39, 0.29) is 0 Å². The number of furan rings is 1. The highest BCUT2D eigenvalue weighted by molar-refractivity contribution is 9.10. The summed E-state index contributed by atoms with van der Waals surface area (Å²) in [6, 6.07) is 8.78. The Kier molecular flexibility index (Phi) is 6.20. The number of esters is 1. The molecule has 1 N–H and O–H groups in total. The molecule has 2 aromatic rings. The molecule has 0 spiro atoms. The number of hydrogen-bond acceptors (Lipinski definition) is 5. The van der Waals surface area contributed by atoms with E-state index in [9.17, 15) is 9.59 Å². The summed E-state index contributed by atoms with van der Waals surface area (Å²) in [5.74, 6) is -0.0772. The maximum atomic E-state index is 11.9. The monoisotopic (exact) mass is 393 g/mol. The number of anilines is 1. The molecule has 2 rings (SSSR count). The van der Waals surface area contributed by atoms with Crippen molar-refractivity contribution in [3.05, 3.63) is 52.4 Å². The van der Waals surface area contributed by atoms with Crippen LogP contribution in [-0.2, 0) is 14.3 Å². The number of nitrogens with one attached hydrogen (secondary N) is 1. The summed E-state index contributed by atoms with van der Waals surface area (Å²) in [7, 11) is 1.51. The van der Waals surface area contributed by atoms with Gasteiger partial charge in [0.15, 0.2) is 11.3 Å². The van der Waals surface area contributed by atoms with E-state index < -0.39 is 18.5 Å². The SMILES string of the molecule is COc1ccc(C)cc1NC(=O)COC(=O)/C=C/c1ccc(Br)o1. The molecule has 7 heteroatoms. The lowest BCUT2D eigenvalue weighted by Crippen LogP contribution is -2.20. The van der Waals surface area contributed by atoms with Crippen LogP contribution in [0.3, 0.4) is 0 Å². The maximum absolute atomic E-state index is 11.9. The van der Waals surface area contributed by atoms with Gasteiger partial charge in [0.1, 0.15) is 11.5 Å². The van der Waals surface area contributed by atoms with E-state index in [4.69, 9.17) is 13.9 Å². The van der Waals surface area contributed by atoms with Crippen LogP contribution in [0.2, 0.25) is 0 Å². The van der Waals surface area contributed by atoms with E-state index in [1.54, 1.807) is 24.3 Å². The van der Waals surface area contributed by atoms with Crippen molar-refractivity contribution in [1.82, 2.24) is 0 Å². The number of benzene rings is 1. The molecule has 0 saturated carbocycles. The molecule has 1 heterocycles. The van der Waals surface area contributed by atoms with Gasteiger partial charge in [-0.05, 0) is 58.8 Å². The quantitative estimate of drug-likeness (QED) is 0.599. The van der Waals surface area contributed by atoms with Crippen LogP contribution < -0.4 is 10.1 Å². The molecule has 0 unspecified atom stereocenters. The predicted octanol–water partition coefficient (Wildman–Crippen LogP) is 3.55. The predicted molar refractivity (Wildman–Crippen MR) is 92.8 cm³/mol. The number of carbonyl (C=O) groups is 2. The minimum atomic E-state index is -0.645. The summed E-state index contributed by atoms with van der Waals surface area (Å²) in [4.78, 5) is 23.5. The molecule has 0 saturated heterocycles. The van der Waals surface area contributed by atoms with Crippen molar-refractivity contribution in [3.63, 3.8) is 0 Å². The number of methoxy groups -OCH3 is 1. The van der Waals surface area contributed by atoms with Crippen molar-refractivity contribution < 1.29 is 23.5 Å². The first-order chi connectivity index (χ1) is 11.5. The minimum Gasteiger partial charge on any atom is -0.495 e. The molecule has 0 fully saturated rings. The maximum Gasteiger partial charge on any atom is 0.331 e. The summed E-state index contributed by atoms with van der Waals surface area (Å²) in [6.45, 7) is 1.50.